The van der Waals surface area contributed by atoms with Crippen molar-refractivity contribution in [3.8, 4) is 0 Å². The van der Waals surface area contributed by atoms with Crippen LogP contribution in [-0.4, -0.2) is 40.7 Å². The highest BCUT2D eigenvalue weighted by Gasteiger charge is 2.26. The molecular weight excluding hydrogens is 396 g/mol. The normalized spacial score (nSPS) is 10.7. The number of hydrogen-bond acceptors (Lipinski definition) is 5. The van der Waals surface area contributed by atoms with E-state index >= 15 is 0 Å². The van der Waals surface area contributed by atoms with E-state index in [2.05, 4.69) is 4.98 Å². The van der Waals surface area contributed by atoms with Gasteiger partial charge in [0.2, 0.25) is 0 Å². The zero-order valence-electron chi connectivity index (χ0n) is 18.2. The molecule has 1 aromatic carbocycles. The minimum atomic E-state index is -0.509. The van der Waals surface area contributed by atoms with Crippen molar-refractivity contribution in [3.63, 3.8) is 0 Å². The summed E-state index contributed by atoms with van der Waals surface area (Å²) in [6, 6.07) is 10.7. The zero-order chi connectivity index (χ0) is 22.5. The number of aromatic amines is 1. The van der Waals surface area contributed by atoms with Crippen LogP contribution in [0.25, 0.3) is 0 Å². The van der Waals surface area contributed by atoms with Crippen LogP contribution in [0.2, 0.25) is 0 Å². The Labute approximate surface area is 181 Å². The van der Waals surface area contributed by atoms with Crippen LogP contribution >= 0.6 is 0 Å². The largest absolute Gasteiger partial charge is 0.467 e. The number of carbonyl (C=O) groups is 3. The van der Waals surface area contributed by atoms with Crippen LogP contribution in [0.5, 0.6) is 0 Å². The standard InChI is InChI=1S/C24H26N2O5/c1-5-30-24(29)22-16(3)21(17(4)25-22)20(27)14-26(13-19-7-6-12-31-19)23(28)18-10-8-15(2)9-11-18/h6-12,25H,5,13-14H2,1-4H3. The van der Waals surface area contributed by atoms with Crippen LogP contribution in [0.3, 0.4) is 0 Å². The Bertz CT molecular complexity index is 1080. The maximum atomic E-state index is 13.2. The Balaban J connectivity index is 1.89. The first-order valence-electron chi connectivity index (χ1n) is 10.1. The zero-order valence-corrected chi connectivity index (χ0v) is 18.2. The molecule has 0 radical (unpaired) electrons. The third-order valence-electron chi connectivity index (χ3n) is 5.04. The van der Waals surface area contributed by atoms with Crippen molar-refractivity contribution < 1.29 is 23.5 Å². The van der Waals surface area contributed by atoms with Crippen molar-refractivity contribution in [2.24, 2.45) is 0 Å². The second-order valence-electron chi connectivity index (χ2n) is 7.38. The lowest BCUT2D eigenvalue weighted by molar-refractivity contribution is 0.0519. The topological polar surface area (TPSA) is 92.6 Å². The molecule has 0 unspecified atom stereocenters. The number of nitrogens with one attached hydrogen (secondary N) is 1. The van der Waals surface area contributed by atoms with E-state index in [-0.39, 0.29) is 37.1 Å². The number of Topliss-reactive ketones (excluding diaryl/α,β-unsaturated/α-hetero) is 1. The average molecular weight is 422 g/mol. The van der Waals surface area contributed by atoms with Gasteiger partial charge in [-0.3, -0.25) is 9.59 Å². The molecule has 0 aliphatic carbocycles. The summed E-state index contributed by atoms with van der Waals surface area (Å²) in [7, 11) is 0. The van der Waals surface area contributed by atoms with E-state index < -0.39 is 5.97 Å². The number of furan rings is 1. The van der Waals surface area contributed by atoms with Crippen molar-refractivity contribution in [2.45, 2.75) is 34.2 Å². The average Bonchev–Trinajstić information content (AvgIpc) is 3.35. The van der Waals surface area contributed by atoms with Crippen molar-refractivity contribution in [1.82, 2.24) is 9.88 Å². The van der Waals surface area contributed by atoms with Gasteiger partial charge in [-0.25, -0.2) is 4.79 Å². The molecule has 0 saturated carbocycles. The number of esters is 1. The van der Waals surface area contributed by atoms with Gasteiger partial charge in [-0.1, -0.05) is 17.7 Å². The third-order valence-corrected chi connectivity index (χ3v) is 5.04. The van der Waals surface area contributed by atoms with Crippen molar-refractivity contribution in [1.29, 1.82) is 0 Å². The molecule has 2 aromatic heterocycles. The summed E-state index contributed by atoms with van der Waals surface area (Å²) >= 11 is 0. The number of carbonyl (C=O) groups excluding carboxylic acids is 3. The van der Waals surface area contributed by atoms with E-state index in [1.54, 1.807) is 45.0 Å². The van der Waals surface area contributed by atoms with Gasteiger partial charge in [0.15, 0.2) is 5.78 Å². The van der Waals surface area contributed by atoms with E-state index in [0.29, 0.717) is 28.1 Å². The number of hydrogen-bond donors (Lipinski definition) is 1. The maximum absolute atomic E-state index is 13.2. The summed E-state index contributed by atoms with van der Waals surface area (Å²) in [5, 5.41) is 0. The summed E-state index contributed by atoms with van der Waals surface area (Å²) in [6.45, 7) is 7.31. The van der Waals surface area contributed by atoms with Gasteiger partial charge >= 0.3 is 5.97 Å². The summed E-state index contributed by atoms with van der Waals surface area (Å²) in [6.07, 6.45) is 1.53. The molecule has 2 heterocycles. The first-order chi connectivity index (χ1) is 14.8. The number of ether oxygens (including phenoxy) is 1. The van der Waals surface area contributed by atoms with E-state index in [4.69, 9.17) is 9.15 Å². The molecule has 3 rings (SSSR count). The second-order valence-corrected chi connectivity index (χ2v) is 7.38. The van der Waals surface area contributed by atoms with Crippen LogP contribution in [0.15, 0.2) is 47.1 Å². The van der Waals surface area contributed by atoms with E-state index in [1.165, 1.54) is 11.2 Å². The number of aromatic nitrogens is 1. The maximum Gasteiger partial charge on any atom is 0.355 e. The number of nitrogens with zero attached hydrogens (tertiary/aromatic N) is 1. The monoisotopic (exact) mass is 422 g/mol. The molecule has 0 fully saturated rings. The minimum Gasteiger partial charge on any atom is -0.467 e. The summed E-state index contributed by atoms with van der Waals surface area (Å²) in [4.78, 5) is 42.9. The summed E-state index contributed by atoms with van der Waals surface area (Å²) in [5.41, 5.74) is 3.25. The van der Waals surface area contributed by atoms with E-state index in [1.807, 2.05) is 19.1 Å². The molecule has 1 amide bonds. The lowest BCUT2D eigenvalue weighted by atomic mass is 10.0. The molecule has 162 valence electrons. The van der Waals surface area contributed by atoms with Crippen molar-refractivity contribution >= 4 is 17.7 Å². The SMILES string of the molecule is CCOC(=O)c1[nH]c(C)c(C(=O)CN(Cc2ccco2)C(=O)c2ccc(C)cc2)c1C. The van der Waals surface area contributed by atoms with Gasteiger partial charge in [-0.2, -0.15) is 0 Å². The Morgan fingerprint density at radius 2 is 1.77 bits per heavy atom. The molecule has 0 saturated heterocycles. The summed E-state index contributed by atoms with van der Waals surface area (Å²) in [5.74, 6) is -0.483. The number of benzene rings is 1. The Kier molecular flexibility index (Phi) is 6.74. The molecule has 3 aromatic rings. The van der Waals surface area contributed by atoms with Crippen LogP contribution in [0.1, 0.15) is 60.7 Å². The lowest BCUT2D eigenvalue weighted by Crippen LogP contribution is -2.35. The first kappa shape index (κ1) is 22.1. The van der Waals surface area contributed by atoms with Crippen LogP contribution in [0, 0.1) is 20.8 Å². The number of aryl methyl sites for hydroxylation is 2. The second kappa shape index (κ2) is 9.47. The highest BCUT2D eigenvalue weighted by atomic mass is 16.5. The fourth-order valence-corrected chi connectivity index (χ4v) is 3.50. The Morgan fingerprint density at radius 3 is 2.39 bits per heavy atom. The molecule has 31 heavy (non-hydrogen) atoms. The molecule has 0 spiro atoms. The van der Waals surface area contributed by atoms with Crippen molar-refractivity contribution in [2.75, 3.05) is 13.2 Å². The van der Waals surface area contributed by atoms with Crippen LogP contribution in [0.4, 0.5) is 0 Å². The Morgan fingerprint density at radius 1 is 1.06 bits per heavy atom. The highest BCUT2D eigenvalue weighted by Crippen LogP contribution is 2.21. The number of amides is 1. The van der Waals surface area contributed by atoms with Crippen molar-refractivity contribution in [3.05, 3.63) is 82.1 Å². The molecule has 7 nitrogen and oxygen atoms in total. The smallest absolute Gasteiger partial charge is 0.355 e. The highest BCUT2D eigenvalue weighted by molar-refractivity contribution is 6.05. The fourth-order valence-electron chi connectivity index (χ4n) is 3.50. The molecule has 0 bridgehead atoms. The fraction of sp³-hybridized carbons (Fsp3) is 0.292. The first-order valence-corrected chi connectivity index (χ1v) is 10.1. The van der Waals surface area contributed by atoms with Crippen LogP contribution < -0.4 is 0 Å². The third kappa shape index (κ3) is 4.94. The Hall–Kier alpha value is -3.61. The van der Waals surface area contributed by atoms with E-state index in [0.717, 1.165) is 5.56 Å². The quantitative estimate of drug-likeness (QED) is 0.433. The number of rotatable bonds is 8. The predicted octanol–water partition coefficient (Wildman–Crippen LogP) is 4.23. The molecule has 1 N–H and O–H groups in total. The van der Waals surface area contributed by atoms with E-state index in [9.17, 15) is 14.4 Å². The van der Waals surface area contributed by atoms with Gasteiger partial charge in [-0.15, -0.1) is 0 Å². The van der Waals surface area contributed by atoms with Crippen LogP contribution in [-0.2, 0) is 11.3 Å². The lowest BCUT2D eigenvalue weighted by Gasteiger charge is -2.21. The predicted molar refractivity (Wildman–Crippen MR) is 115 cm³/mol. The molecule has 0 atom stereocenters. The minimum absolute atomic E-state index is 0.151. The van der Waals surface area contributed by atoms with Gasteiger partial charge in [0, 0.05) is 16.8 Å². The summed E-state index contributed by atoms with van der Waals surface area (Å²) < 4.78 is 10.4. The van der Waals surface area contributed by atoms with Gasteiger partial charge in [0.05, 0.1) is 26.0 Å². The van der Waals surface area contributed by atoms with Gasteiger partial charge in [-0.05, 0) is 57.5 Å². The number of ketones is 1. The molecule has 0 aliphatic rings. The molecule has 7 heteroatoms. The van der Waals surface area contributed by atoms with Gasteiger partial charge < -0.3 is 19.0 Å². The molecule has 0 aliphatic heterocycles. The van der Waals surface area contributed by atoms with Gasteiger partial charge in [0.25, 0.3) is 5.91 Å². The van der Waals surface area contributed by atoms with Gasteiger partial charge in [0.1, 0.15) is 11.5 Å². The number of H-pyrrole nitrogens is 1. The molecular formula is C24H26N2O5.